The molecule has 170 valence electrons. The van der Waals surface area contributed by atoms with Gasteiger partial charge in [-0.25, -0.2) is 13.6 Å². The van der Waals surface area contributed by atoms with Crippen molar-refractivity contribution >= 4 is 6.09 Å². The second kappa shape index (κ2) is 12.8. The Morgan fingerprint density at radius 3 is 2.53 bits per heavy atom. The molecule has 1 aliphatic rings. The van der Waals surface area contributed by atoms with E-state index in [0.29, 0.717) is 19.2 Å². The van der Waals surface area contributed by atoms with Crippen LogP contribution in [0, 0.1) is 11.6 Å². The summed E-state index contributed by atoms with van der Waals surface area (Å²) < 4.78 is 37.7. The number of rotatable bonds is 11. The Bertz CT molecular complexity index is 654. The highest BCUT2D eigenvalue weighted by atomic mass is 19.1. The number of nitrogens with zero attached hydrogens (tertiary/aromatic N) is 2. The molecule has 30 heavy (non-hydrogen) atoms. The molecule has 0 unspecified atom stereocenters. The van der Waals surface area contributed by atoms with Gasteiger partial charge in [-0.1, -0.05) is 6.92 Å². The van der Waals surface area contributed by atoms with Crippen molar-refractivity contribution in [3.8, 4) is 5.75 Å². The van der Waals surface area contributed by atoms with Crippen LogP contribution < -0.4 is 4.74 Å². The molecule has 1 aromatic carbocycles. The lowest BCUT2D eigenvalue weighted by atomic mass is 9.92. The average molecular weight is 429 g/mol. The number of ether oxygens (including phenoxy) is 2. The fraction of sp³-hybridized carbons (Fsp3) is 0.682. The summed E-state index contributed by atoms with van der Waals surface area (Å²) in [6, 6.07) is 2.88. The molecule has 6 nitrogen and oxygen atoms in total. The smallest absolute Gasteiger partial charge is 0.407 e. The van der Waals surface area contributed by atoms with Crippen LogP contribution in [0.15, 0.2) is 18.2 Å². The minimum absolute atomic E-state index is 0.0115. The van der Waals surface area contributed by atoms with E-state index in [1.807, 2.05) is 0 Å². The molecule has 0 spiro atoms. The van der Waals surface area contributed by atoms with Crippen molar-refractivity contribution in [2.75, 3.05) is 39.9 Å². The van der Waals surface area contributed by atoms with Crippen LogP contribution in [0.4, 0.5) is 13.6 Å². The van der Waals surface area contributed by atoms with Crippen LogP contribution in [-0.2, 0) is 4.74 Å². The first kappa shape index (κ1) is 24.5. The molecule has 8 heteroatoms. The van der Waals surface area contributed by atoms with E-state index in [1.54, 1.807) is 7.05 Å². The lowest BCUT2D eigenvalue weighted by Crippen LogP contribution is -2.42. The zero-order chi connectivity index (χ0) is 21.9. The van der Waals surface area contributed by atoms with Gasteiger partial charge in [-0.2, -0.15) is 0 Å². The van der Waals surface area contributed by atoms with Crippen molar-refractivity contribution in [3.63, 3.8) is 0 Å². The van der Waals surface area contributed by atoms with Gasteiger partial charge in [0.25, 0.3) is 0 Å². The molecule has 1 N–H and O–H groups in total. The van der Waals surface area contributed by atoms with Crippen LogP contribution in [-0.4, -0.2) is 73.0 Å². The summed E-state index contributed by atoms with van der Waals surface area (Å²) in [7, 11) is 1.64. The van der Waals surface area contributed by atoms with Gasteiger partial charge in [0, 0.05) is 32.3 Å². The third-order valence-corrected chi connectivity index (χ3v) is 5.66. The second-order valence-corrected chi connectivity index (χ2v) is 7.72. The van der Waals surface area contributed by atoms with Crippen molar-refractivity contribution in [2.45, 2.75) is 57.6 Å². The predicted molar refractivity (Wildman–Crippen MR) is 111 cm³/mol. The maximum Gasteiger partial charge on any atom is 0.415 e. The van der Waals surface area contributed by atoms with Gasteiger partial charge >= 0.3 is 6.09 Å². The van der Waals surface area contributed by atoms with Crippen LogP contribution >= 0.6 is 0 Å². The summed E-state index contributed by atoms with van der Waals surface area (Å²) in [6.45, 7) is 5.62. The SMILES string of the molecule is CCN(CCO)CCCCO[C@H]1CC[C@H](N(C)C(=O)Oc2ccc(F)cc2F)CC1. The molecule has 0 aromatic heterocycles. The first-order valence-electron chi connectivity index (χ1n) is 10.8. The standard InChI is InChI=1S/C22H34F2N2O4/c1-3-26(13-14-27)12-4-5-15-29-19-9-7-18(8-10-19)25(2)22(28)30-21-11-6-17(23)16-20(21)24/h6,11,16,18-19,27H,3-5,7-10,12-15H2,1-2H3/t18-,19-. The van der Waals surface area contributed by atoms with E-state index in [1.165, 1.54) is 4.90 Å². The molecule has 1 aliphatic carbocycles. The largest absolute Gasteiger partial charge is 0.415 e. The zero-order valence-corrected chi connectivity index (χ0v) is 18.0. The normalized spacial score (nSPS) is 19.1. The molecule has 0 saturated heterocycles. The summed E-state index contributed by atoms with van der Waals surface area (Å²) in [6.07, 6.45) is 4.88. The minimum atomic E-state index is -0.896. The molecule has 0 bridgehead atoms. The Balaban J connectivity index is 1.65. The highest BCUT2D eigenvalue weighted by Gasteiger charge is 2.28. The highest BCUT2D eigenvalue weighted by molar-refractivity contribution is 5.70. The maximum absolute atomic E-state index is 13.7. The van der Waals surface area contributed by atoms with E-state index >= 15 is 0 Å². The van der Waals surface area contributed by atoms with Crippen LogP contribution in [0.2, 0.25) is 0 Å². The van der Waals surface area contributed by atoms with E-state index in [0.717, 1.165) is 63.7 Å². The first-order chi connectivity index (χ1) is 14.4. The van der Waals surface area contributed by atoms with Crippen molar-refractivity contribution in [1.82, 2.24) is 9.80 Å². The molecule has 0 aliphatic heterocycles. The van der Waals surface area contributed by atoms with Gasteiger partial charge in [0.15, 0.2) is 11.6 Å². The van der Waals surface area contributed by atoms with Crippen molar-refractivity contribution in [3.05, 3.63) is 29.8 Å². The van der Waals surface area contributed by atoms with Crippen molar-refractivity contribution in [1.29, 1.82) is 0 Å². The van der Waals surface area contributed by atoms with Gasteiger partial charge < -0.3 is 24.4 Å². The summed E-state index contributed by atoms with van der Waals surface area (Å²) in [5, 5.41) is 9.00. The monoisotopic (exact) mass is 428 g/mol. The van der Waals surface area contributed by atoms with Gasteiger partial charge in [0.1, 0.15) is 5.82 Å². The van der Waals surface area contributed by atoms with Crippen LogP contribution in [0.5, 0.6) is 5.75 Å². The number of likely N-dealkylation sites (N-methyl/N-ethyl adjacent to an activating group) is 1. The Labute approximate surface area is 177 Å². The molecule has 1 saturated carbocycles. The topological polar surface area (TPSA) is 62.2 Å². The number of aliphatic hydroxyl groups is 1. The van der Waals surface area contributed by atoms with Crippen molar-refractivity contribution in [2.24, 2.45) is 0 Å². The number of carbonyl (C=O) groups excluding carboxylic acids is 1. The molecule has 0 atom stereocenters. The van der Waals surface area contributed by atoms with Crippen molar-refractivity contribution < 1.29 is 28.2 Å². The number of aliphatic hydroxyl groups excluding tert-OH is 1. The average Bonchev–Trinajstić information content (AvgIpc) is 2.74. The molecule has 1 fully saturated rings. The number of hydrogen-bond acceptors (Lipinski definition) is 5. The Hall–Kier alpha value is -1.77. The van der Waals surface area contributed by atoms with Gasteiger partial charge in [-0.05, 0) is 63.7 Å². The van der Waals surface area contributed by atoms with Gasteiger partial charge in [0.2, 0.25) is 0 Å². The van der Waals surface area contributed by atoms with E-state index in [2.05, 4.69) is 11.8 Å². The molecular formula is C22H34F2N2O4. The number of hydrogen-bond donors (Lipinski definition) is 1. The van der Waals surface area contributed by atoms with E-state index in [4.69, 9.17) is 14.6 Å². The van der Waals surface area contributed by atoms with Gasteiger partial charge in [-0.15, -0.1) is 0 Å². The second-order valence-electron chi connectivity index (χ2n) is 7.72. The Kier molecular flexibility index (Phi) is 10.5. The number of amides is 1. The predicted octanol–water partition coefficient (Wildman–Crippen LogP) is 3.82. The molecule has 0 heterocycles. The van der Waals surface area contributed by atoms with Gasteiger partial charge in [-0.3, -0.25) is 0 Å². The fourth-order valence-corrected chi connectivity index (χ4v) is 3.73. The maximum atomic E-state index is 13.7. The molecule has 1 amide bonds. The number of carbonyl (C=O) groups is 1. The quantitative estimate of drug-likeness (QED) is 0.543. The molecule has 0 radical (unpaired) electrons. The van der Waals surface area contributed by atoms with Crippen LogP contribution in [0.25, 0.3) is 0 Å². The fourth-order valence-electron chi connectivity index (χ4n) is 3.73. The molecule has 1 aromatic rings. The third-order valence-electron chi connectivity index (χ3n) is 5.66. The van der Waals surface area contributed by atoms with E-state index < -0.39 is 17.7 Å². The number of benzene rings is 1. The minimum Gasteiger partial charge on any atom is -0.407 e. The molecular weight excluding hydrogens is 394 g/mol. The number of halogens is 2. The lowest BCUT2D eigenvalue weighted by Gasteiger charge is -2.34. The third kappa shape index (κ3) is 7.81. The Morgan fingerprint density at radius 2 is 1.90 bits per heavy atom. The first-order valence-corrected chi connectivity index (χ1v) is 10.8. The molecule has 2 rings (SSSR count). The summed E-state index contributed by atoms with van der Waals surface area (Å²) in [5.41, 5.74) is 0. The zero-order valence-electron chi connectivity index (χ0n) is 18.0. The highest BCUT2D eigenvalue weighted by Crippen LogP contribution is 2.26. The van der Waals surface area contributed by atoms with E-state index in [-0.39, 0.29) is 24.5 Å². The summed E-state index contributed by atoms with van der Waals surface area (Å²) in [5.74, 6) is -1.88. The van der Waals surface area contributed by atoms with Crippen LogP contribution in [0.3, 0.4) is 0 Å². The number of unbranched alkanes of at least 4 members (excludes halogenated alkanes) is 1. The Morgan fingerprint density at radius 1 is 1.17 bits per heavy atom. The van der Waals surface area contributed by atoms with E-state index in [9.17, 15) is 13.6 Å². The van der Waals surface area contributed by atoms with Gasteiger partial charge in [0.05, 0.1) is 12.7 Å². The lowest BCUT2D eigenvalue weighted by molar-refractivity contribution is 0.00981. The van der Waals surface area contributed by atoms with Crippen LogP contribution in [0.1, 0.15) is 45.4 Å². The summed E-state index contributed by atoms with van der Waals surface area (Å²) in [4.78, 5) is 16.0. The summed E-state index contributed by atoms with van der Waals surface area (Å²) >= 11 is 0.